The van der Waals surface area contributed by atoms with Crippen molar-refractivity contribution in [2.45, 2.75) is 39.8 Å². The fourth-order valence-corrected chi connectivity index (χ4v) is 9.17. The minimum Gasteiger partial charge on any atom is -0.263 e. The average molecular weight is 418 g/mol. The molecule has 3 heteroatoms. The van der Waals surface area contributed by atoms with Gasteiger partial charge in [0.1, 0.15) is 0 Å². The van der Waals surface area contributed by atoms with E-state index in [9.17, 15) is 0 Å². The van der Waals surface area contributed by atoms with Crippen molar-refractivity contribution in [1.29, 1.82) is 0 Å². The van der Waals surface area contributed by atoms with Crippen LogP contribution in [0.3, 0.4) is 0 Å². The summed E-state index contributed by atoms with van der Waals surface area (Å²) in [6.45, 7) is 8.95. The van der Waals surface area contributed by atoms with E-state index in [4.69, 9.17) is 11.8 Å². The van der Waals surface area contributed by atoms with Gasteiger partial charge < -0.3 is 0 Å². The number of hydrogen-bond acceptors (Lipinski definition) is 1. The summed E-state index contributed by atoms with van der Waals surface area (Å²) in [6.07, 6.45) is -2.24. The highest BCUT2D eigenvalue weighted by Crippen LogP contribution is 2.51. The molecule has 0 aromatic heterocycles. The largest absolute Gasteiger partial charge is 0.263 e. The van der Waals surface area contributed by atoms with Gasteiger partial charge >= 0.3 is 0 Å². The molecule has 0 N–H and O–H groups in total. The molecule has 1 unspecified atom stereocenters. The molecule has 0 bridgehead atoms. The maximum atomic E-state index is 6.60. The zero-order valence-corrected chi connectivity index (χ0v) is 19.3. The summed E-state index contributed by atoms with van der Waals surface area (Å²) in [7, 11) is 0. The first-order valence-electron chi connectivity index (χ1n) is 10.1. The summed E-state index contributed by atoms with van der Waals surface area (Å²) in [4.78, 5) is 0. The molecule has 148 valence electrons. The molecule has 0 aliphatic heterocycles. The number of hydrogen-bond donors (Lipinski definition) is 0. The maximum absolute atomic E-state index is 6.60. The van der Waals surface area contributed by atoms with Crippen molar-refractivity contribution in [2.75, 3.05) is 0 Å². The van der Waals surface area contributed by atoms with E-state index in [1.165, 1.54) is 10.6 Å². The van der Waals surface area contributed by atoms with Crippen molar-refractivity contribution >= 4 is 28.6 Å². The molecule has 0 radical (unpaired) electrons. The van der Waals surface area contributed by atoms with Crippen molar-refractivity contribution in [1.82, 2.24) is 4.67 Å². The Kier molecular flexibility index (Phi) is 7.09. The molecule has 0 amide bonds. The molecule has 3 aromatic rings. The predicted molar refractivity (Wildman–Crippen MR) is 131 cm³/mol. The lowest BCUT2D eigenvalue weighted by atomic mass is 10.2. The molecule has 1 nitrogen and oxygen atoms in total. The van der Waals surface area contributed by atoms with Gasteiger partial charge in [-0.25, -0.2) is 0 Å². The molecule has 0 saturated heterocycles. The number of benzene rings is 3. The van der Waals surface area contributed by atoms with Crippen molar-refractivity contribution in [2.24, 2.45) is 0 Å². The van der Waals surface area contributed by atoms with Crippen molar-refractivity contribution in [3.63, 3.8) is 0 Å². The topological polar surface area (TPSA) is 3.24 Å². The quantitative estimate of drug-likeness (QED) is 0.395. The van der Waals surface area contributed by atoms with Crippen LogP contribution in [0.2, 0.25) is 0 Å². The van der Waals surface area contributed by atoms with Crippen molar-refractivity contribution in [3.8, 4) is 11.8 Å². The SMILES string of the molecule is CC(C)N(C(C)C)P(=S)(c1ccccc1)c1ccccc1C#Cc1ccccc1. The molecular formula is C26H28NPS. The van der Waals surface area contributed by atoms with Crippen LogP contribution in [0.1, 0.15) is 38.8 Å². The Morgan fingerprint density at radius 2 is 1.21 bits per heavy atom. The lowest BCUT2D eigenvalue weighted by Gasteiger charge is -2.42. The van der Waals surface area contributed by atoms with Gasteiger partial charge in [-0.2, -0.15) is 0 Å². The van der Waals surface area contributed by atoms with Gasteiger partial charge in [0.25, 0.3) is 0 Å². The highest BCUT2D eigenvalue weighted by molar-refractivity contribution is 8.20. The summed E-state index contributed by atoms with van der Waals surface area (Å²) in [5.41, 5.74) is 2.04. The molecule has 3 aromatic carbocycles. The van der Waals surface area contributed by atoms with Gasteiger partial charge in [-0.1, -0.05) is 90.4 Å². The molecule has 0 aliphatic rings. The van der Waals surface area contributed by atoms with Crippen LogP contribution >= 0.6 is 6.19 Å². The highest BCUT2D eigenvalue weighted by Gasteiger charge is 2.34. The first-order chi connectivity index (χ1) is 13.9. The second-order valence-electron chi connectivity index (χ2n) is 7.61. The van der Waals surface area contributed by atoms with Crippen LogP contribution in [-0.4, -0.2) is 16.8 Å². The number of nitrogens with zero attached hydrogens (tertiary/aromatic N) is 1. The van der Waals surface area contributed by atoms with Gasteiger partial charge in [0.15, 0.2) is 0 Å². The van der Waals surface area contributed by atoms with Gasteiger partial charge in [0.05, 0.1) is 6.19 Å². The van der Waals surface area contributed by atoms with Crippen LogP contribution < -0.4 is 10.6 Å². The van der Waals surface area contributed by atoms with Gasteiger partial charge in [-0.05, 0) is 45.9 Å². The minimum absolute atomic E-state index is 0.330. The van der Waals surface area contributed by atoms with Crippen LogP contribution in [0.5, 0.6) is 0 Å². The Balaban J connectivity index is 2.23. The summed E-state index contributed by atoms with van der Waals surface area (Å²) in [5.74, 6) is 6.75. The molecule has 29 heavy (non-hydrogen) atoms. The van der Waals surface area contributed by atoms with Crippen LogP contribution in [-0.2, 0) is 11.8 Å². The van der Waals surface area contributed by atoms with Crippen LogP contribution in [0.15, 0.2) is 84.9 Å². The number of rotatable bonds is 5. The highest BCUT2D eigenvalue weighted by atomic mass is 32.4. The molecule has 0 fully saturated rings. The van der Waals surface area contributed by atoms with E-state index in [1.807, 2.05) is 30.3 Å². The van der Waals surface area contributed by atoms with Crippen molar-refractivity contribution in [3.05, 3.63) is 96.1 Å². The van der Waals surface area contributed by atoms with E-state index >= 15 is 0 Å². The standard InChI is InChI=1S/C26H28NPS/c1-21(2)27(22(3)4)28(29,25-16-9-6-10-17-25)26-18-12-11-15-24(26)20-19-23-13-7-5-8-14-23/h5-18,21-22H,1-4H3. The normalized spacial score (nSPS) is 13.2. The Labute approximate surface area is 180 Å². The zero-order chi connectivity index (χ0) is 20.9. The fourth-order valence-electron chi connectivity index (χ4n) is 3.78. The second kappa shape index (κ2) is 9.55. The van der Waals surface area contributed by atoms with Gasteiger partial charge in [0, 0.05) is 33.8 Å². The third kappa shape index (κ3) is 4.71. The Hall–Kier alpha value is -2.17. The van der Waals surface area contributed by atoms with Gasteiger partial charge in [-0.3, -0.25) is 4.67 Å². The lowest BCUT2D eigenvalue weighted by molar-refractivity contribution is 0.326. The van der Waals surface area contributed by atoms with Gasteiger partial charge in [-0.15, -0.1) is 0 Å². The van der Waals surface area contributed by atoms with E-state index in [0.717, 1.165) is 11.1 Å². The van der Waals surface area contributed by atoms with Crippen LogP contribution in [0.4, 0.5) is 0 Å². The van der Waals surface area contributed by atoms with E-state index < -0.39 is 6.19 Å². The third-order valence-corrected chi connectivity index (χ3v) is 10.2. The second-order valence-corrected chi connectivity index (χ2v) is 11.8. The molecular weight excluding hydrogens is 389 g/mol. The van der Waals surface area contributed by atoms with E-state index in [-0.39, 0.29) is 0 Å². The first-order valence-corrected chi connectivity index (χ1v) is 12.8. The van der Waals surface area contributed by atoms with Crippen LogP contribution in [0, 0.1) is 11.8 Å². The zero-order valence-electron chi connectivity index (χ0n) is 17.5. The summed E-state index contributed by atoms with van der Waals surface area (Å²) >= 11 is 6.60. The summed E-state index contributed by atoms with van der Waals surface area (Å²) < 4.78 is 2.51. The molecule has 0 saturated carbocycles. The lowest BCUT2D eigenvalue weighted by Crippen LogP contribution is -2.41. The summed E-state index contributed by atoms with van der Waals surface area (Å²) in [6, 6.07) is 29.8. The molecule has 0 aliphatic carbocycles. The van der Waals surface area contributed by atoms with Gasteiger partial charge in [0.2, 0.25) is 0 Å². The smallest absolute Gasteiger partial charge is 0.0726 e. The predicted octanol–water partition coefficient (Wildman–Crippen LogP) is 5.55. The summed E-state index contributed by atoms with van der Waals surface area (Å²) in [5, 5.41) is 2.39. The van der Waals surface area contributed by atoms with Crippen molar-refractivity contribution < 1.29 is 0 Å². The monoisotopic (exact) mass is 417 g/mol. The molecule has 0 heterocycles. The molecule has 0 spiro atoms. The molecule has 1 atom stereocenters. The Morgan fingerprint density at radius 1 is 0.690 bits per heavy atom. The van der Waals surface area contributed by atoms with Crippen LogP contribution in [0.25, 0.3) is 0 Å². The van der Waals surface area contributed by atoms with E-state index in [0.29, 0.717) is 12.1 Å². The average Bonchev–Trinajstić information content (AvgIpc) is 2.73. The van der Waals surface area contributed by atoms with E-state index in [1.54, 1.807) is 0 Å². The Morgan fingerprint density at radius 3 is 1.79 bits per heavy atom. The Bertz CT molecular complexity index is 1040. The maximum Gasteiger partial charge on any atom is 0.0726 e. The first kappa shape index (κ1) is 21.5. The molecule has 3 rings (SSSR count). The minimum atomic E-state index is -2.24. The third-order valence-electron chi connectivity index (χ3n) is 4.84. The fraction of sp³-hybridized carbons (Fsp3) is 0.231. The van der Waals surface area contributed by atoms with E-state index in [2.05, 4.69) is 98.8 Å².